The third-order valence-electron chi connectivity index (χ3n) is 3.82. The van der Waals surface area contributed by atoms with Crippen LogP contribution in [0.3, 0.4) is 0 Å². The first-order valence-electron chi connectivity index (χ1n) is 6.54. The first-order valence-corrected chi connectivity index (χ1v) is 6.54. The monoisotopic (exact) mass is 272 g/mol. The minimum Gasteiger partial charge on any atom is -0.328 e. The number of rotatable bonds is 2. The van der Waals surface area contributed by atoms with Gasteiger partial charge in [0.2, 0.25) is 0 Å². The molecule has 19 heavy (non-hydrogen) atoms. The second-order valence-electron chi connectivity index (χ2n) is 5.17. The molecule has 1 atom stereocenters. The number of likely N-dealkylation sites (tertiary alicyclic amines) is 1. The molecule has 1 aliphatic rings. The first kappa shape index (κ1) is 14.3. The van der Waals surface area contributed by atoms with Crippen molar-refractivity contribution in [1.82, 2.24) is 4.90 Å². The van der Waals surface area contributed by atoms with Gasteiger partial charge < -0.3 is 5.73 Å². The smallest absolute Gasteiger partial charge is 0.328 e. The molecular weight excluding hydrogens is 253 g/mol. The fourth-order valence-corrected chi connectivity index (χ4v) is 2.49. The van der Waals surface area contributed by atoms with Crippen LogP contribution in [0, 0.1) is 0 Å². The molecule has 1 fully saturated rings. The lowest BCUT2D eigenvalue weighted by molar-refractivity contribution is -0.137. The summed E-state index contributed by atoms with van der Waals surface area (Å²) in [7, 11) is 0. The maximum absolute atomic E-state index is 12.7. The van der Waals surface area contributed by atoms with Crippen molar-refractivity contribution in [3.05, 3.63) is 35.4 Å². The number of hydrogen-bond donors (Lipinski definition) is 1. The van der Waals surface area contributed by atoms with Crippen LogP contribution in [0.15, 0.2) is 24.3 Å². The normalized spacial score (nSPS) is 20.5. The van der Waals surface area contributed by atoms with E-state index in [1.165, 1.54) is 12.1 Å². The van der Waals surface area contributed by atoms with Crippen LogP contribution in [-0.2, 0) is 6.18 Å². The van der Waals surface area contributed by atoms with Crippen molar-refractivity contribution in [1.29, 1.82) is 0 Å². The molecule has 1 heterocycles. The van der Waals surface area contributed by atoms with E-state index >= 15 is 0 Å². The van der Waals surface area contributed by atoms with Gasteiger partial charge in [0.15, 0.2) is 0 Å². The van der Waals surface area contributed by atoms with Crippen LogP contribution >= 0.6 is 0 Å². The zero-order chi connectivity index (χ0) is 14.0. The van der Waals surface area contributed by atoms with Gasteiger partial charge in [-0.1, -0.05) is 12.1 Å². The number of alkyl halides is 3. The molecule has 0 bridgehead atoms. The summed E-state index contributed by atoms with van der Waals surface area (Å²) in [5.74, 6) is 0. The molecule has 2 rings (SSSR count). The van der Waals surface area contributed by atoms with Gasteiger partial charge in [-0.15, -0.1) is 0 Å². The Morgan fingerprint density at radius 3 is 2.47 bits per heavy atom. The number of piperidine rings is 1. The summed E-state index contributed by atoms with van der Waals surface area (Å²) in [6, 6.07) is 5.82. The second-order valence-corrected chi connectivity index (χ2v) is 5.17. The van der Waals surface area contributed by atoms with Crippen molar-refractivity contribution in [2.24, 2.45) is 5.73 Å². The lowest BCUT2D eigenvalue weighted by Crippen LogP contribution is -2.40. The third-order valence-corrected chi connectivity index (χ3v) is 3.82. The molecule has 106 valence electrons. The van der Waals surface area contributed by atoms with Crippen LogP contribution < -0.4 is 5.73 Å². The Labute approximate surface area is 111 Å². The zero-order valence-corrected chi connectivity index (χ0v) is 11.0. The predicted molar refractivity (Wildman–Crippen MR) is 68.6 cm³/mol. The molecule has 0 radical (unpaired) electrons. The van der Waals surface area contributed by atoms with Gasteiger partial charge in [0.25, 0.3) is 0 Å². The number of nitrogens with zero attached hydrogens (tertiary/aromatic N) is 1. The Balaban J connectivity index is 2.13. The molecule has 2 N–H and O–H groups in total. The van der Waals surface area contributed by atoms with Gasteiger partial charge >= 0.3 is 6.18 Å². The van der Waals surface area contributed by atoms with Crippen molar-refractivity contribution in [2.45, 2.75) is 38.0 Å². The Bertz CT molecular complexity index is 423. The molecular formula is C14H19F3N2. The van der Waals surface area contributed by atoms with Crippen molar-refractivity contribution >= 4 is 0 Å². The van der Waals surface area contributed by atoms with E-state index < -0.39 is 11.7 Å². The summed E-state index contributed by atoms with van der Waals surface area (Å²) in [6.45, 7) is 3.64. The largest absolute Gasteiger partial charge is 0.416 e. The van der Waals surface area contributed by atoms with Gasteiger partial charge in [-0.05, 0) is 37.5 Å². The van der Waals surface area contributed by atoms with E-state index in [4.69, 9.17) is 5.73 Å². The molecule has 1 aromatic carbocycles. The zero-order valence-electron chi connectivity index (χ0n) is 11.0. The van der Waals surface area contributed by atoms with Crippen LogP contribution in [0.2, 0.25) is 0 Å². The fraction of sp³-hybridized carbons (Fsp3) is 0.571. The minimum atomic E-state index is -4.28. The highest BCUT2D eigenvalue weighted by Crippen LogP contribution is 2.32. The predicted octanol–water partition coefficient (Wildman–Crippen LogP) is 3.19. The molecule has 1 aromatic rings. The second kappa shape index (κ2) is 5.51. The quantitative estimate of drug-likeness (QED) is 0.896. The van der Waals surface area contributed by atoms with Crippen LogP contribution in [0.4, 0.5) is 13.2 Å². The molecule has 1 aliphatic heterocycles. The number of hydrogen-bond acceptors (Lipinski definition) is 2. The Morgan fingerprint density at radius 2 is 1.89 bits per heavy atom. The molecule has 1 unspecified atom stereocenters. The Kier molecular flexibility index (Phi) is 4.16. The highest BCUT2D eigenvalue weighted by atomic mass is 19.4. The van der Waals surface area contributed by atoms with Gasteiger partial charge in [0.05, 0.1) is 5.56 Å². The maximum Gasteiger partial charge on any atom is 0.416 e. The van der Waals surface area contributed by atoms with Crippen molar-refractivity contribution in [3.8, 4) is 0 Å². The Morgan fingerprint density at radius 1 is 1.26 bits per heavy atom. The van der Waals surface area contributed by atoms with E-state index in [1.54, 1.807) is 6.07 Å². The summed E-state index contributed by atoms with van der Waals surface area (Å²) in [5.41, 5.74) is 5.98. The van der Waals surface area contributed by atoms with E-state index in [0.29, 0.717) is 5.56 Å². The first-order chi connectivity index (χ1) is 8.88. The number of halogens is 3. The SMILES string of the molecule is CC(c1cccc(C(F)(F)F)c1)N1CCC(N)CC1. The highest BCUT2D eigenvalue weighted by Gasteiger charge is 2.31. The van der Waals surface area contributed by atoms with Crippen LogP contribution in [-0.4, -0.2) is 24.0 Å². The maximum atomic E-state index is 12.7. The van der Waals surface area contributed by atoms with E-state index in [2.05, 4.69) is 4.90 Å². The molecule has 0 aliphatic carbocycles. The average molecular weight is 272 g/mol. The van der Waals surface area contributed by atoms with Gasteiger partial charge in [0, 0.05) is 25.2 Å². The van der Waals surface area contributed by atoms with Gasteiger partial charge in [-0.3, -0.25) is 4.90 Å². The van der Waals surface area contributed by atoms with Crippen LogP contribution in [0.5, 0.6) is 0 Å². The summed E-state index contributed by atoms with van der Waals surface area (Å²) >= 11 is 0. The molecule has 1 saturated heterocycles. The summed E-state index contributed by atoms with van der Waals surface area (Å²) in [6.07, 6.45) is -2.47. The summed E-state index contributed by atoms with van der Waals surface area (Å²) < 4.78 is 38.1. The van der Waals surface area contributed by atoms with Crippen molar-refractivity contribution in [2.75, 3.05) is 13.1 Å². The molecule has 0 saturated carbocycles. The van der Waals surface area contributed by atoms with Crippen molar-refractivity contribution in [3.63, 3.8) is 0 Å². The van der Waals surface area contributed by atoms with E-state index in [-0.39, 0.29) is 12.1 Å². The average Bonchev–Trinajstić information content (AvgIpc) is 2.38. The van der Waals surface area contributed by atoms with Crippen LogP contribution in [0.25, 0.3) is 0 Å². The fourth-order valence-electron chi connectivity index (χ4n) is 2.49. The van der Waals surface area contributed by atoms with E-state index in [0.717, 1.165) is 32.0 Å². The van der Waals surface area contributed by atoms with Gasteiger partial charge in [-0.2, -0.15) is 13.2 Å². The van der Waals surface area contributed by atoms with Gasteiger partial charge in [0.1, 0.15) is 0 Å². The standard InChI is InChI=1S/C14H19F3N2/c1-10(19-7-5-13(18)6-8-19)11-3-2-4-12(9-11)14(15,16)17/h2-4,9-10,13H,5-8,18H2,1H3. The highest BCUT2D eigenvalue weighted by molar-refractivity contribution is 5.27. The third kappa shape index (κ3) is 3.48. The van der Waals surface area contributed by atoms with Crippen LogP contribution in [0.1, 0.15) is 36.9 Å². The molecule has 5 heteroatoms. The number of nitrogens with two attached hydrogens (primary N) is 1. The summed E-state index contributed by atoms with van der Waals surface area (Å²) in [5, 5.41) is 0. The molecule has 2 nitrogen and oxygen atoms in total. The lowest BCUT2D eigenvalue weighted by Gasteiger charge is -2.35. The minimum absolute atomic E-state index is 0.00481. The topological polar surface area (TPSA) is 29.3 Å². The van der Waals surface area contributed by atoms with Gasteiger partial charge in [-0.25, -0.2) is 0 Å². The summed E-state index contributed by atoms with van der Waals surface area (Å²) in [4.78, 5) is 2.19. The van der Waals surface area contributed by atoms with E-state index in [9.17, 15) is 13.2 Å². The molecule has 0 amide bonds. The number of benzene rings is 1. The lowest BCUT2D eigenvalue weighted by atomic mass is 9.99. The molecule has 0 aromatic heterocycles. The molecule has 0 spiro atoms. The Hall–Kier alpha value is -1.07. The van der Waals surface area contributed by atoms with E-state index in [1.807, 2.05) is 6.92 Å². The van der Waals surface area contributed by atoms with Crippen molar-refractivity contribution < 1.29 is 13.2 Å².